The highest BCUT2D eigenvalue weighted by Crippen LogP contribution is 2.38. The normalized spacial score (nSPS) is 13.7. The molecule has 0 atom stereocenters. The number of aliphatic imine (C=N–C) groups is 1. The van der Waals surface area contributed by atoms with Crippen LogP contribution >= 0.6 is 0 Å². The molecule has 1 aromatic carbocycles. The third-order valence-electron chi connectivity index (χ3n) is 4.23. The number of benzene rings is 1. The topological polar surface area (TPSA) is 108 Å². The fraction of sp³-hybridized carbons (Fsp3) is 0.0500. The molecular weight excluding hydrogens is 365 g/mol. The molecule has 0 unspecified atom stereocenters. The van der Waals surface area contributed by atoms with E-state index in [1.54, 1.807) is 42.7 Å². The maximum Gasteiger partial charge on any atom is 0.345 e. The first kappa shape index (κ1) is 17.5. The van der Waals surface area contributed by atoms with E-state index in [0.717, 1.165) is 5.56 Å². The Hall–Kier alpha value is -3.94. The number of furan rings is 1. The highest BCUT2D eigenvalue weighted by molar-refractivity contribution is 6.21. The Kier molecular flexibility index (Phi) is 4.36. The summed E-state index contributed by atoms with van der Waals surface area (Å²) in [6.45, 7) is -0.00979. The van der Waals surface area contributed by atoms with Crippen molar-refractivity contribution in [3.05, 3.63) is 70.9 Å². The molecule has 1 aliphatic heterocycles. The van der Waals surface area contributed by atoms with Crippen LogP contribution in [0.4, 0.5) is 16.1 Å². The van der Waals surface area contributed by atoms with Gasteiger partial charge in [-0.05, 0) is 24.3 Å². The van der Waals surface area contributed by atoms with Gasteiger partial charge in [0.25, 0.3) is 0 Å². The van der Waals surface area contributed by atoms with Gasteiger partial charge in [-0.15, -0.1) is 0 Å². The molecule has 0 aliphatic carbocycles. The lowest BCUT2D eigenvalue weighted by molar-refractivity contribution is 0.0694. The smallest absolute Gasteiger partial charge is 0.345 e. The van der Waals surface area contributed by atoms with Crippen LogP contribution in [-0.4, -0.2) is 27.4 Å². The molecule has 3 heterocycles. The zero-order valence-corrected chi connectivity index (χ0v) is 14.4. The number of halogens is 1. The van der Waals surface area contributed by atoms with Crippen molar-refractivity contribution >= 4 is 35.5 Å². The summed E-state index contributed by atoms with van der Waals surface area (Å²) in [5, 5.41) is 22.5. The van der Waals surface area contributed by atoms with Gasteiger partial charge in [-0.3, -0.25) is 0 Å². The minimum atomic E-state index is -1.37. The van der Waals surface area contributed by atoms with Gasteiger partial charge in [0.15, 0.2) is 22.9 Å². The van der Waals surface area contributed by atoms with Crippen LogP contribution in [0, 0.1) is 5.82 Å². The Balaban J connectivity index is 1.68. The minimum absolute atomic E-state index is 0.00979. The van der Waals surface area contributed by atoms with Crippen molar-refractivity contribution in [1.29, 1.82) is 0 Å². The first-order valence-electron chi connectivity index (χ1n) is 8.32. The van der Waals surface area contributed by atoms with Gasteiger partial charge in [0.1, 0.15) is 5.82 Å². The lowest BCUT2D eigenvalue weighted by Crippen LogP contribution is -2.05. The highest BCUT2D eigenvalue weighted by Gasteiger charge is 2.25. The largest absolute Gasteiger partial charge is 0.504 e. The Morgan fingerprint density at radius 3 is 2.86 bits per heavy atom. The van der Waals surface area contributed by atoms with E-state index in [1.807, 2.05) is 0 Å². The van der Waals surface area contributed by atoms with Gasteiger partial charge < -0.3 is 19.9 Å². The summed E-state index contributed by atoms with van der Waals surface area (Å²) >= 11 is 0. The predicted octanol–water partition coefficient (Wildman–Crippen LogP) is 4.09. The Bertz CT molecular complexity index is 1130. The number of allylic oxidation sites excluding steroid dienone is 1. The lowest BCUT2D eigenvalue weighted by Gasteiger charge is -2.05. The van der Waals surface area contributed by atoms with Crippen molar-refractivity contribution in [2.24, 2.45) is 4.99 Å². The molecule has 1 aliphatic rings. The SMILES string of the molecule is O=C(O)c1c(NCc2ccccc2F)oc(C=C2C=Nc3ncccc32)c1O. The zero-order chi connectivity index (χ0) is 19.7. The van der Waals surface area contributed by atoms with Crippen molar-refractivity contribution in [3.8, 4) is 5.75 Å². The second-order valence-corrected chi connectivity index (χ2v) is 6.00. The molecule has 0 saturated carbocycles. The summed E-state index contributed by atoms with van der Waals surface area (Å²) in [5.41, 5.74) is 1.25. The molecule has 7 nitrogen and oxygen atoms in total. The molecule has 4 rings (SSSR count). The van der Waals surface area contributed by atoms with Gasteiger partial charge in [0.05, 0.1) is 0 Å². The third-order valence-corrected chi connectivity index (χ3v) is 4.23. The second kappa shape index (κ2) is 6.99. The van der Waals surface area contributed by atoms with Crippen LogP contribution < -0.4 is 5.32 Å². The Morgan fingerprint density at radius 2 is 2.07 bits per heavy atom. The van der Waals surface area contributed by atoms with Gasteiger partial charge in [-0.1, -0.05) is 18.2 Å². The van der Waals surface area contributed by atoms with E-state index in [0.29, 0.717) is 17.0 Å². The van der Waals surface area contributed by atoms with Gasteiger partial charge in [-0.2, -0.15) is 0 Å². The highest BCUT2D eigenvalue weighted by atomic mass is 19.1. The van der Waals surface area contributed by atoms with Gasteiger partial charge in [0.2, 0.25) is 5.88 Å². The van der Waals surface area contributed by atoms with Gasteiger partial charge >= 0.3 is 5.97 Å². The molecule has 140 valence electrons. The van der Waals surface area contributed by atoms with Crippen LogP contribution in [0.2, 0.25) is 0 Å². The molecule has 0 saturated heterocycles. The lowest BCUT2D eigenvalue weighted by atomic mass is 10.1. The van der Waals surface area contributed by atoms with E-state index in [1.165, 1.54) is 12.1 Å². The molecule has 0 amide bonds. The van der Waals surface area contributed by atoms with Crippen LogP contribution in [0.25, 0.3) is 11.6 Å². The molecule has 2 aromatic heterocycles. The number of aromatic carboxylic acids is 1. The Morgan fingerprint density at radius 1 is 1.25 bits per heavy atom. The van der Waals surface area contributed by atoms with E-state index in [2.05, 4.69) is 15.3 Å². The number of carbonyl (C=O) groups is 1. The van der Waals surface area contributed by atoms with Crippen LogP contribution in [-0.2, 0) is 6.54 Å². The van der Waals surface area contributed by atoms with Crippen molar-refractivity contribution in [3.63, 3.8) is 0 Å². The number of hydrogen-bond donors (Lipinski definition) is 3. The first-order valence-corrected chi connectivity index (χ1v) is 8.32. The van der Waals surface area contributed by atoms with Crippen LogP contribution in [0.1, 0.15) is 27.2 Å². The maximum absolute atomic E-state index is 13.8. The van der Waals surface area contributed by atoms with Crippen LogP contribution in [0.15, 0.2) is 52.0 Å². The molecule has 3 aromatic rings. The molecule has 0 radical (unpaired) electrons. The summed E-state index contributed by atoms with van der Waals surface area (Å²) in [6.07, 6.45) is 4.64. The number of nitrogens with one attached hydrogen (secondary N) is 1. The van der Waals surface area contributed by atoms with E-state index in [4.69, 9.17) is 4.42 Å². The van der Waals surface area contributed by atoms with Gasteiger partial charge in [0, 0.05) is 35.7 Å². The second-order valence-electron chi connectivity index (χ2n) is 6.00. The number of carboxylic acid groups (broad SMARTS) is 1. The van der Waals surface area contributed by atoms with E-state index >= 15 is 0 Å². The zero-order valence-electron chi connectivity index (χ0n) is 14.4. The number of fused-ring (bicyclic) bond motifs is 1. The molecular formula is C20H14FN3O4. The number of aromatic hydroxyl groups is 1. The number of aromatic nitrogens is 1. The van der Waals surface area contributed by atoms with Crippen molar-refractivity contribution < 1.29 is 23.8 Å². The summed E-state index contributed by atoms with van der Waals surface area (Å²) in [7, 11) is 0. The number of pyridine rings is 1. The monoisotopic (exact) mass is 379 g/mol. The van der Waals surface area contributed by atoms with Gasteiger partial charge in [-0.25, -0.2) is 19.2 Å². The summed E-state index contributed by atoms with van der Waals surface area (Å²) in [5.74, 6) is -2.02. The van der Waals surface area contributed by atoms with Crippen molar-refractivity contribution in [1.82, 2.24) is 4.98 Å². The van der Waals surface area contributed by atoms with Crippen LogP contribution in [0.3, 0.4) is 0 Å². The molecule has 8 heteroatoms. The molecule has 0 fully saturated rings. The standard InChI is InChI=1S/C20H14FN3O4/c21-14-6-2-1-4-11(14)9-24-19-16(20(26)27)17(25)15(28-19)8-12-10-23-18-13(12)5-3-7-22-18/h1-8,10,24-25H,9H2,(H,26,27). The molecule has 3 N–H and O–H groups in total. The minimum Gasteiger partial charge on any atom is -0.504 e. The van der Waals surface area contributed by atoms with Crippen molar-refractivity contribution in [2.75, 3.05) is 5.32 Å². The maximum atomic E-state index is 13.8. The number of rotatable bonds is 5. The quantitative estimate of drug-likeness (QED) is 0.616. The van der Waals surface area contributed by atoms with E-state index < -0.39 is 23.1 Å². The fourth-order valence-corrected chi connectivity index (χ4v) is 2.86. The summed E-state index contributed by atoms with van der Waals surface area (Å²) in [4.78, 5) is 19.9. The molecule has 28 heavy (non-hydrogen) atoms. The molecule has 0 bridgehead atoms. The first-order chi connectivity index (χ1) is 13.5. The summed E-state index contributed by atoms with van der Waals surface area (Å²) < 4.78 is 19.3. The predicted molar refractivity (Wildman–Crippen MR) is 101 cm³/mol. The average molecular weight is 379 g/mol. The van der Waals surface area contributed by atoms with Crippen molar-refractivity contribution in [2.45, 2.75) is 6.54 Å². The number of hydrogen-bond acceptors (Lipinski definition) is 6. The fourth-order valence-electron chi connectivity index (χ4n) is 2.86. The number of carboxylic acids is 1. The van der Waals surface area contributed by atoms with E-state index in [-0.39, 0.29) is 18.2 Å². The molecule has 0 spiro atoms. The van der Waals surface area contributed by atoms with Crippen LogP contribution in [0.5, 0.6) is 5.75 Å². The Labute approximate surface area is 158 Å². The van der Waals surface area contributed by atoms with E-state index in [9.17, 15) is 19.4 Å². The number of nitrogens with zero attached hydrogens (tertiary/aromatic N) is 2. The third kappa shape index (κ3) is 3.11. The average Bonchev–Trinajstić information content (AvgIpc) is 3.23. The summed E-state index contributed by atoms with van der Waals surface area (Å²) in [6, 6.07) is 9.63. The number of anilines is 1.